The van der Waals surface area contributed by atoms with E-state index < -0.39 is 0 Å². The van der Waals surface area contributed by atoms with Crippen LogP contribution in [0.3, 0.4) is 0 Å². The van der Waals surface area contributed by atoms with Gasteiger partial charge >= 0.3 is 0 Å². The Hall–Kier alpha value is -7.10. The minimum atomic E-state index is 0.441. The predicted octanol–water partition coefficient (Wildman–Crippen LogP) is 15.4. The van der Waals surface area contributed by atoms with Crippen LogP contribution in [0.15, 0.2) is 194 Å². The van der Waals surface area contributed by atoms with Crippen LogP contribution >= 0.6 is 0 Å². The molecular weight excluding hydrogens is 751 g/mol. The number of nitrogens with zero attached hydrogens (tertiary/aromatic N) is 3. The smallest absolute Gasteiger partial charge is 0.235 e. The molecule has 0 bridgehead atoms. The first-order valence-electron chi connectivity index (χ1n) is 22.5. The Balaban J connectivity index is 1.06. The molecule has 4 unspecified atom stereocenters. The summed E-state index contributed by atoms with van der Waals surface area (Å²) in [5.74, 6) is 3.91. The number of allylic oxidation sites excluding steroid dienone is 2. The minimum Gasteiger partial charge on any atom is -0.278 e. The lowest BCUT2D eigenvalue weighted by atomic mass is 9.89. The molecule has 3 nitrogen and oxygen atoms in total. The van der Waals surface area contributed by atoms with Crippen LogP contribution in [0, 0.1) is 17.8 Å². The summed E-state index contributed by atoms with van der Waals surface area (Å²) in [4.78, 5) is 11.1. The van der Waals surface area contributed by atoms with E-state index in [1.807, 2.05) is 0 Å². The third-order valence-corrected chi connectivity index (χ3v) is 14.5. The Morgan fingerprint density at radius 3 is 2.02 bits per heavy atom. The lowest BCUT2D eigenvalue weighted by Gasteiger charge is -2.16. The Bertz CT molecular complexity index is 3410. The maximum atomic E-state index is 5.61. The fourth-order valence-corrected chi connectivity index (χ4v) is 11.5. The van der Waals surface area contributed by atoms with E-state index in [4.69, 9.17) is 9.97 Å². The molecule has 8 aromatic carbocycles. The van der Waals surface area contributed by atoms with Crippen molar-refractivity contribution in [2.24, 2.45) is 17.8 Å². The molecule has 0 aliphatic heterocycles. The van der Waals surface area contributed by atoms with Gasteiger partial charge in [0, 0.05) is 27.6 Å². The topological polar surface area (TPSA) is 30.7 Å². The second kappa shape index (κ2) is 14.2. The van der Waals surface area contributed by atoms with Crippen LogP contribution in [0.2, 0.25) is 0 Å². The molecule has 0 spiro atoms. The zero-order valence-corrected chi connectivity index (χ0v) is 34.6. The van der Waals surface area contributed by atoms with Gasteiger partial charge in [-0.15, -0.1) is 0 Å². The number of benzene rings is 8. The summed E-state index contributed by atoms with van der Waals surface area (Å²) in [6.45, 7) is 0. The zero-order chi connectivity index (χ0) is 40.7. The second-order valence-electron chi connectivity index (χ2n) is 18.0. The summed E-state index contributed by atoms with van der Waals surface area (Å²) in [6, 6.07) is 66.3. The van der Waals surface area contributed by atoms with Crippen molar-refractivity contribution >= 4 is 43.5 Å². The van der Waals surface area contributed by atoms with Crippen LogP contribution in [0.1, 0.15) is 43.6 Å². The molecule has 62 heavy (non-hydrogen) atoms. The Morgan fingerprint density at radius 1 is 0.468 bits per heavy atom. The van der Waals surface area contributed by atoms with Crippen LogP contribution < -0.4 is 0 Å². The van der Waals surface area contributed by atoms with Crippen molar-refractivity contribution in [3.05, 3.63) is 199 Å². The van der Waals surface area contributed by atoms with E-state index in [1.165, 1.54) is 87.0 Å². The monoisotopic (exact) mass is 795 g/mol. The second-order valence-corrected chi connectivity index (χ2v) is 18.0. The number of fused-ring (bicyclic) bond motifs is 7. The first kappa shape index (κ1) is 35.6. The highest BCUT2D eigenvalue weighted by Crippen LogP contribution is 2.59. The van der Waals surface area contributed by atoms with Crippen LogP contribution in [0.25, 0.3) is 94.1 Å². The van der Waals surface area contributed by atoms with Gasteiger partial charge in [-0.3, -0.25) is 4.57 Å². The first-order chi connectivity index (χ1) is 30.7. The van der Waals surface area contributed by atoms with Gasteiger partial charge in [0.25, 0.3) is 0 Å². The molecule has 4 atom stereocenters. The highest BCUT2D eigenvalue weighted by Gasteiger charge is 2.49. The van der Waals surface area contributed by atoms with E-state index in [-0.39, 0.29) is 0 Å². The lowest BCUT2D eigenvalue weighted by molar-refractivity contribution is 0.543. The predicted molar refractivity (Wildman–Crippen MR) is 258 cm³/mol. The average molecular weight is 796 g/mol. The summed E-state index contributed by atoms with van der Waals surface area (Å²) in [5, 5.41) is 5.92. The number of hydrogen-bond acceptors (Lipinski definition) is 2. The third kappa shape index (κ3) is 5.79. The maximum Gasteiger partial charge on any atom is 0.235 e. The minimum absolute atomic E-state index is 0.441. The number of hydrogen-bond donors (Lipinski definition) is 0. The Labute approximate surface area is 362 Å². The van der Waals surface area contributed by atoms with Gasteiger partial charge in [0.2, 0.25) is 5.95 Å². The molecule has 2 fully saturated rings. The van der Waals surface area contributed by atoms with Gasteiger partial charge in [-0.1, -0.05) is 169 Å². The Kier molecular flexibility index (Phi) is 8.19. The van der Waals surface area contributed by atoms with Crippen molar-refractivity contribution < 1.29 is 0 Å². The van der Waals surface area contributed by atoms with Crippen molar-refractivity contribution in [1.29, 1.82) is 0 Å². The molecule has 296 valence electrons. The summed E-state index contributed by atoms with van der Waals surface area (Å²) >= 11 is 0. The van der Waals surface area contributed by atoms with Gasteiger partial charge in [-0.2, -0.15) is 0 Å². The molecule has 3 aliphatic carbocycles. The molecule has 2 saturated carbocycles. The Morgan fingerprint density at radius 2 is 1.19 bits per heavy atom. The van der Waals surface area contributed by atoms with Gasteiger partial charge in [-0.05, 0) is 124 Å². The number of para-hydroxylation sites is 1. The largest absolute Gasteiger partial charge is 0.278 e. The molecule has 10 aromatic rings. The molecule has 13 rings (SSSR count). The molecule has 3 heteroatoms. The van der Waals surface area contributed by atoms with Gasteiger partial charge in [-0.25, -0.2) is 9.97 Å². The SMILES string of the molecule is C1=C(C2CCC3CC32)CCC1c1ccccc1-c1ccc2c3c4ccccc4c(-c4ccccc4)cc3n(-c3nc(-c4cccc(-c5ccccc5)c4)c4ccccc4n3)c2c1. The van der Waals surface area contributed by atoms with E-state index in [0.29, 0.717) is 11.9 Å². The molecule has 0 radical (unpaired) electrons. The molecule has 0 amide bonds. The summed E-state index contributed by atoms with van der Waals surface area (Å²) in [7, 11) is 0. The quantitative estimate of drug-likeness (QED) is 0.150. The van der Waals surface area contributed by atoms with Crippen LogP contribution in [-0.2, 0) is 0 Å². The molecule has 0 saturated heterocycles. The highest BCUT2D eigenvalue weighted by molar-refractivity contribution is 6.24. The van der Waals surface area contributed by atoms with E-state index in [0.717, 1.165) is 56.5 Å². The summed E-state index contributed by atoms with van der Waals surface area (Å²) in [5.41, 5.74) is 15.6. The lowest BCUT2D eigenvalue weighted by Crippen LogP contribution is -2.04. The van der Waals surface area contributed by atoms with Crippen LogP contribution in [-0.4, -0.2) is 14.5 Å². The van der Waals surface area contributed by atoms with E-state index in [9.17, 15) is 0 Å². The van der Waals surface area contributed by atoms with Gasteiger partial charge in [0.1, 0.15) is 0 Å². The normalized spacial score (nSPS) is 19.4. The number of rotatable bonds is 7. The standard InChI is InChI=1S/C59H45N3/c1-3-14-37(15-4-1)39-18-13-19-44(32-39)58-50-24-11-12-25-54(50)60-59(61-58)62-55-35-43(46-21-8-7-20-45(46)40-26-27-41(33-40)47-30-28-42-34-52(42)47)29-31-51(55)57-49-23-10-9-22-48(49)53(36-56(57)62)38-16-5-2-6-17-38/h1-25,29,31-33,35-36,40,42,47,52H,26-28,30,34H2. The van der Waals surface area contributed by atoms with E-state index in [1.54, 1.807) is 5.57 Å². The summed E-state index contributed by atoms with van der Waals surface area (Å²) in [6.07, 6.45) is 9.42. The first-order valence-corrected chi connectivity index (χ1v) is 22.5. The fourth-order valence-electron chi connectivity index (χ4n) is 11.5. The molecule has 2 heterocycles. The fraction of sp³-hybridized carbons (Fsp3) is 0.153. The maximum absolute atomic E-state index is 5.61. The van der Waals surface area contributed by atoms with Crippen molar-refractivity contribution in [2.45, 2.75) is 38.0 Å². The van der Waals surface area contributed by atoms with Crippen molar-refractivity contribution in [3.8, 4) is 50.6 Å². The van der Waals surface area contributed by atoms with Gasteiger partial charge in [0.15, 0.2) is 0 Å². The van der Waals surface area contributed by atoms with E-state index >= 15 is 0 Å². The molecule has 2 aromatic heterocycles. The van der Waals surface area contributed by atoms with Gasteiger partial charge in [0.05, 0.1) is 22.2 Å². The average Bonchev–Trinajstić information content (AvgIpc) is 3.60. The molecule has 0 N–H and O–H groups in total. The highest BCUT2D eigenvalue weighted by atomic mass is 15.2. The molecular formula is C59H45N3. The molecule has 3 aliphatic rings. The van der Waals surface area contributed by atoms with Gasteiger partial charge < -0.3 is 0 Å². The summed E-state index contributed by atoms with van der Waals surface area (Å²) < 4.78 is 2.35. The van der Waals surface area contributed by atoms with Crippen molar-refractivity contribution in [1.82, 2.24) is 14.5 Å². The van der Waals surface area contributed by atoms with Crippen LogP contribution in [0.5, 0.6) is 0 Å². The number of aromatic nitrogens is 3. The zero-order valence-electron chi connectivity index (χ0n) is 34.6. The van der Waals surface area contributed by atoms with E-state index in [2.05, 4.69) is 193 Å². The third-order valence-electron chi connectivity index (χ3n) is 14.5. The van der Waals surface area contributed by atoms with Crippen molar-refractivity contribution in [2.75, 3.05) is 0 Å². The van der Waals surface area contributed by atoms with Crippen LogP contribution in [0.4, 0.5) is 0 Å². The van der Waals surface area contributed by atoms with Crippen molar-refractivity contribution in [3.63, 3.8) is 0 Å².